The molecule has 0 aromatic heterocycles. The van der Waals surface area contributed by atoms with Crippen LogP contribution in [0.4, 0.5) is 0 Å². The summed E-state index contributed by atoms with van der Waals surface area (Å²) in [5.74, 6) is 0.997. The third kappa shape index (κ3) is 3.86. The van der Waals surface area contributed by atoms with Gasteiger partial charge in [0, 0.05) is 51.6 Å². The minimum atomic E-state index is 0.234. The van der Waals surface area contributed by atoms with Gasteiger partial charge in [-0.25, -0.2) is 0 Å². The molecule has 0 unspecified atom stereocenters. The van der Waals surface area contributed by atoms with E-state index in [2.05, 4.69) is 11.8 Å². The number of hydrogen-bond acceptors (Lipinski definition) is 4. The average Bonchev–Trinajstić information content (AvgIpc) is 3.08. The fourth-order valence-electron chi connectivity index (χ4n) is 4.16. The molecule has 0 saturated carbocycles. The Morgan fingerprint density at radius 3 is 2.87 bits per heavy atom. The first-order chi connectivity index (χ1) is 11.2. The molecule has 0 spiro atoms. The minimum Gasteiger partial charge on any atom is -0.342 e. The van der Waals surface area contributed by atoms with Gasteiger partial charge < -0.3 is 9.80 Å². The van der Waals surface area contributed by atoms with Gasteiger partial charge in [0.2, 0.25) is 11.8 Å². The molecule has 3 rings (SSSR count). The zero-order valence-corrected chi connectivity index (χ0v) is 14.2. The monoisotopic (exact) mass is 323 g/mol. The topological polar surface area (TPSA) is 53.1 Å². The normalized spacial score (nSPS) is 29.0. The Balaban J connectivity index is 1.51. The SMILES string of the molecule is CCCN1C(=O)CC[C@H]2CN(C(=O)CCN3CCCO3)CC[C@H]21. The van der Waals surface area contributed by atoms with Gasteiger partial charge in [0.05, 0.1) is 6.61 Å². The number of carbonyl (C=O) groups is 2. The highest BCUT2D eigenvalue weighted by Gasteiger charge is 2.39. The maximum absolute atomic E-state index is 12.5. The van der Waals surface area contributed by atoms with Crippen molar-refractivity contribution in [3.8, 4) is 0 Å². The predicted octanol–water partition coefficient (Wildman–Crippen LogP) is 1.26. The maximum Gasteiger partial charge on any atom is 0.223 e. The molecule has 0 aromatic rings. The molecular formula is C17H29N3O3. The van der Waals surface area contributed by atoms with Crippen LogP contribution in [0.2, 0.25) is 0 Å². The smallest absolute Gasteiger partial charge is 0.223 e. The summed E-state index contributed by atoms with van der Waals surface area (Å²) in [6, 6.07) is 0.349. The van der Waals surface area contributed by atoms with Gasteiger partial charge in [-0.1, -0.05) is 6.92 Å². The molecule has 6 heteroatoms. The molecule has 2 amide bonds. The van der Waals surface area contributed by atoms with Crippen molar-refractivity contribution in [2.45, 2.75) is 51.5 Å². The van der Waals surface area contributed by atoms with Crippen molar-refractivity contribution in [1.29, 1.82) is 0 Å². The number of nitrogens with zero attached hydrogens (tertiary/aromatic N) is 3. The van der Waals surface area contributed by atoms with Crippen LogP contribution in [0.15, 0.2) is 0 Å². The Bertz CT molecular complexity index is 437. The number of rotatable bonds is 5. The third-order valence-electron chi connectivity index (χ3n) is 5.36. The molecule has 0 aromatic carbocycles. The largest absolute Gasteiger partial charge is 0.342 e. The number of carbonyl (C=O) groups excluding carboxylic acids is 2. The van der Waals surface area contributed by atoms with E-state index in [1.54, 1.807) is 0 Å². The molecular weight excluding hydrogens is 294 g/mol. The summed E-state index contributed by atoms with van der Waals surface area (Å²) in [5.41, 5.74) is 0. The summed E-state index contributed by atoms with van der Waals surface area (Å²) in [5, 5.41) is 1.91. The minimum absolute atomic E-state index is 0.234. The van der Waals surface area contributed by atoms with Crippen molar-refractivity contribution in [3.63, 3.8) is 0 Å². The lowest BCUT2D eigenvalue weighted by atomic mass is 9.83. The zero-order chi connectivity index (χ0) is 16.2. The van der Waals surface area contributed by atoms with Gasteiger partial charge >= 0.3 is 0 Å². The molecule has 3 aliphatic rings. The molecule has 3 heterocycles. The van der Waals surface area contributed by atoms with Crippen LogP contribution < -0.4 is 0 Å². The molecule has 23 heavy (non-hydrogen) atoms. The summed E-state index contributed by atoms with van der Waals surface area (Å²) < 4.78 is 0. The summed E-state index contributed by atoms with van der Waals surface area (Å²) >= 11 is 0. The Hall–Kier alpha value is -1.14. The number of likely N-dealkylation sites (tertiary alicyclic amines) is 2. The van der Waals surface area contributed by atoms with Gasteiger partial charge in [-0.3, -0.25) is 14.4 Å². The first-order valence-corrected chi connectivity index (χ1v) is 9.14. The third-order valence-corrected chi connectivity index (χ3v) is 5.36. The highest BCUT2D eigenvalue weighted by Crippen LogP contribution is 2.31. The summed E-state index contributed by atoms with van der Waals surface area (Å²) in [6.07, 6.45) is 5.11. The molecule has 2 atom stereocenters. The van der Waals surface area contributed by atoms with Gasteiger partial charge in [-0.05, 0) is 31.6 Å². The van der Waals surface area contributed by atoms with Crippen molar-refractivity contribution >= 4 is 11.8 Å². The van der Waals surface area contributed by atoms with E-state index >= 15 is 0 Å². The molecule has 6 nitrogen and oxygen atoms in total. The second kappa shape index (κ2) is 7.62. The first-order valence-electron chi connectivity index (χ1n) is 9.14. The number of hydrogen-bond donors (Lipinski definition) is 0. The van der Waals surface area contributed by atoms with Crippen LogP contribution >= 0.6 is 0 Å². The maximum atomic E-state index is 12.5. The fourth-order valence-corrected chi connectivity index (χ4v) is 4.16. The van der Waals surface area contributed by atoms with Crippen molar-refractivity contribution in [3.05, 3.63) is 0 Å². The number of hydroxylamine groups is 2. The molecule has 0 radical (unpaired) electrons. The standard InChI is InChI=1S/C17H29N3O3/c1-2-8-20-15-6-10-18(13-14(15)4-5-17(20)22)16(21)7-11-19-9-3-12-23-19/h14-15H,2-13H2,1H3/t14-,15+/m0/s1. The van der Waals surface area contributed by atoms with Gasteiger partial charge in [-0.2, -0.15) is 5.06 Å². The number of amides is 2. The van der Waals surface area contributed by atoms with Crippen LogP contribution in [-0.2, 0) is 14.4 Å². The van der Waals surface area contributed by atoms with Crippen LogP contribution in [0, 0.1) is 5.92 Å². The summed E-state index contributed by atoms with van der Waals surface area (Å²) in [7, 11) is 0. The van der Waals surface area contributed by atoms with Gasteiger partial charge in [0.1, 0.15) is 0 Å². The molecule has 3 fully saturated rings. The van der Waals surface area contributed by atoms with Crippen molar-refractivity contribution in [1.82, 2.24) is 14.9 Å². The molecule has 0 N–H and O–H groups in total. The quantitative estimate of drug-likeness (QED) is 0.764. The van der Waals surface area contributed by atoms with E-state index in [0.717, 1.165) is 58.5 Å². The van der Waals surface area contributed by atoms with E-state index in [1.165, 1.54) is 0 Å². The van der Waals surface area contributed by atoms with Crippen LogP contribution in [0.3, 0.4) is 0 Å². The van der Waals surface area contributed by atoms with Crippen molar-refractivity contribution in [2.24, 2.45) is 5.92 Å². The lowest BCUT2D eigenvalue weighted by Crippen LogP contribution is -2.57. The highest BCUT2D eigenvalue weighted by molar-refractivity contribution is 5.78. The summed E-state index contributed by atoms with van der Waals surface area (Å²) in [6.45, 7) is 7.00. The van der Waals surface area contributed by atoms with Crippen molar-refractivity contribution < 1.29 is 14.4 Å². The van der Waals surface area contributed by atoms with Crippen LogP contribution in [-0.4, -0.2) is 72.0 Å². The summed E-state index contributed by atoms with van der Waals surface area (Å²) in [4.78, 5) is 34.1. The van der Waals surface area contributed by atoms with E-state index < -0.39 is 0 Å². The Kier molecular flexibility index (Phi) is 5.54. The van der Waals surface area contributed by atoms with Crippen LogP contribution in [0.25, 0.3) is 0 Å². The number of fused-ring (bicyclic) bond motifs is 1. The Morgan fingerprint density at radius 2 is 2.13 bits per heavy atom. The second-order valence-corrected chi connectivity index (χ2v) is 6.95. The average molecular weight is 323 g/mol. The van der Waals surface area contributed by atoms with Crippen LogP contribution in [0.5, 0.6) is 0 Å². The highest BCUT2D eigenvalue weighted by atomic mass is 16.7. The van der Waals surface area contributed by atoms with E-state index in [0.29, 0.717) is 37.3 Å². The van der Waals surface area contributed by atoms with E-state index in [4.69, 9.17) is 4.84 Å². The van der Waals surface area contributed by atoms with Crippen molar-refractivity contribution in [2.75, 3.05) is 39.3 Å². The lowest BCUT2D eigenvalue weighted by molar-refractivity contribution is -0.146. The van der Waals surface area contributed by atoms with Gasteiger partial charge in [0.25, 0.3) is 0 Å². The Morgan fingerprint density at radius 1 is 1.26 bits per heavy atom. The number of piperidine rings is 2. The zero-order valence-electron chi connectivity index (χ0n) is 14.2. The molecule has 0 aliphatic carbocycles. The van der Waals surface area contributed by atoms with E-state index in [-0.39, 0.29) is 5.91 Å². The Labute approximate surface area is 138 Å². The second-order valence-electron chi connectivity index (χ2n) is 6.95. The first kappa shape index (κ1) is 16.7. The van der Waals surface area contributed by atoms with Gasteiger partial charge in [0.15, 0.2) is 0 Å². The molecule has 3 aliphatic heterocycles. The molecule has 130 valence electrons. The molecule has 3 saturated heterocycles. The fraction of sp³-hybridized carbons (Fsp3) is 0.882. The predicted molar refractivity (Wildman–Crippen MR) is 86.5 cm³/mol. The lowest BCUT2D eigenvalue weighted by Gasteiger charge is -2.47. The molecule has 0 bridgehead atoms. The van der Waals surface area contributed by atoms with Gasteiger partial charge in [-0.15, -0.1) is 0 Å². The van der Waals surface area contributed by atoms with E-state index in [9.17, 15) is 9.59 Å². The van der Waals surface area contributed by atoms with Crippen LogP contribution in [0.1, 0.15) is 45.4 Å². The van der Waals surface area contributed by atoms with E-state index in [1.807, 2.05) is 9.96 Å².